The Morgan fingerprint density at radius 1 is 0.959 bits per heavy atom. The molecule has 3 N–H and O–H groups in total. The van der Waals surface area contributed by atoms with Gasteiger partial charge in [0.2, 0.25) is 5.91 Å². The molecule has 49 heavy (non-hydrogen) atoms. The van der Waals surface area contributed by atoms with E-state index in [2.05, 4.69) is 16.1 Å². The Hall–Kier alpha value is -4.32. The highest BCUT2D eigenvalue weighted by Crippen LogP contribution is 2.41. The summed E-state index contributed by atoms with van der Waals surface area (Å²) in [6, 6.07) is 7.68. The highest BCUT2D eigenvalue weighted by Gasteiger charge is 2.44. The zero-order valence-corrected chi connectivity index (χ0v) is 29.3. The van der Waals surface area contributed by atoms with Gasteiger partial charge in [0, 0.05) is 11.9 Å². The minimum absolute atomic E-state index is 0.253. The number of carbonyl (C=O) groups excluding carboxylic acids is 5. The molecule has 0 unspecified atom stereocenters. The minimum Gasteiger partial charge on any atom is -0.462 e. The summed E-state index contributed by atoms with van der Waals surface area (Å²) in [7, 11) is 0. The Kier molecular flexibility index (Phi) is 11.1. The Morgan fingerprint density at radius 2 is 1.65 bits per heavy atom. The van der Waals surface area contributed by atoms with Crippen LogP contribution in [0.3, 0.4) is 0 Å². The monoisotopic (exact) mass is 675 g/mol. The average Bonchev–Trinajstić information content (AvgIpc) is 3.08. The molecule has 1 aliphatic carbocycles. The van der Waals surface area contributed by atoms with Crippen LogP contribution in [-0.2, 0) is 33.4 Å². The lowest BCUT2D eigenvalue weighted by molar-refractivity contribution is -0.170. The molecule has 12 nitrogen and oxygen atoms in total. The van der Waals surface area contributed by atoms with E-state index in [1.807, 2.05) is 49.4 Å². The predicted octanol–water partition coefficient (Wildman–Crippen LogP) is 4.14. The fourth-order valence-electron chi connectivity index (χ4n) is 6.55. The van der Waals surface area contributed by atoms with Crippen molar-refractivity contribution in [1.82, 2.24) is 26.1 Å². The number of amides is 3. The SMILES string of the molecule is CC(C)C(=O)OC1CCC2(C=Cc3ccc4ccc(nc4c3)[C@@H](C)NC(=O)[C@@H]3CCCN(N3)C(=O)[C@H](C)NC(=O)[C@H](C(C)C)OC2=O)CC1. The molecule has 264 valence electrons. The largest absolute Gasteiger partial charge is 0.462 e. The number of fused-ring (bicyclic) bond motifs is 4. The van der Waals surface area contributed by atoms with Crippen LogP contribution in [0.25, 0.3) is 17.0 Å². The van der Waals surface area contributed by atoms with Crippen LogP contribution in [0.15, 0.2) is 36.4 Å². The van der Waals surface area contributed by atoms with Crippen LogP contribution in [0, 0.1) is 17.3 Å². The average molecular weight is 676 g/mol. The molecular weight excluding hydrogens is 626 g/mol. The topological polar surface area (TPSA) is 156 Å². The molecule has 3 amide bonds. The number of rotatable bonds is 3. The van der Waals surface area contributed by atoms with Crippen molar-refractivity contribution < 1.29 is 33.4 Å². The minimum atomic E-state index is -1.16. The van der Waals surface area contributed by atoms with Crippen molar-refractivity contribution in [3.63, 3.8) is 0 Å². The predicted molar refractivity (Wildman–Crippen MR) is 183 cm³/mol. The normalized spacial score (nSPS) is 28.8. The number of hydrazine groups is 1. The molecule has 1 aromatic carbocycles. The number of ether oxygens (including phenoxy) is 2. The molecule has 3 aliphatic rings. The molecule has 1 saturated heterocycles. The number of aromatic nitrogens is 1. The number of benzene rings is 1. The summed E-state index contributed by atoms with van der Waals surface area (Å²) in [5.74, 6) is -2.71. The molecule has 1 saturated carbocycles. The summed E-state index contributed by atoms with van der Waals surface area (Å²) in [6.45, 7) is 10.9. The van der Waals surface area contributed by atoms with Gasteiger partial charge in [-0.2, -0.15) is 0 Å². The number of nitrogens with one attached hydrogen (secondary N) is 3. The van der Waals surface area contributed by atoms with E-state index >= 15 is 0 Å². The van der Waals surface area contributed by atoms with Crippen LogP contribution in [0.5, 0.6) is 0 Å². The molecule has 5 rings (SSSR count). The van der Waals surface area contributed by atoms with E-state index in [0.717, 1.165) is 16.5 Å². The van der Waals surface area contributed by atoms with Crippen LogP contribution >= 0.6 is 0 Å². The van der Waals surface area contributed by atoms with Crippen LogP contribution in [-0.4, -0.2) is 70.5 Å². The second kappa shape index (κ2) is 15.1. The van der Waals surface area contributed by atoms with Crippen LogP contribution in [0.4, 0.5) is 0 Å². The van der Waals surface area contributed by atoms with Crippen molar-refractivity contribution in [2.45, 2.75) is 110 Å². The van der Waals surface area contributed by atoms with Gasteiger partial charge in [0.25, 0.3) is 11.8 Å². The Labute approximate surface area is 287 Å². The van der Waals surface area contributed by atoms with Crippen molar-refractivity contribution in [3.8, 4) is 0 Å². The second-order valence-corrected chi connectivity index (χ2v) is 14.3. The molecular formula is C37H49N5O7. The first kappa shape index (κ1) is 36.0. The van der Waals surface area contributed by atoms with Crippen molar-refractivity contribution in [1.29, 1.82) is 0 Å². The first-order valence-corrected chi connectivity index (χ1v) is 17.5. The van der Waals surface area contributed by atoms with Gasteiger partial charge in [0.1, 0.15) is 18.2 Å². The smallest absolute Gasteiger partial charge is 0.316 e. The van der Waals surface area contributed by atoms with E-state index in [-0.39, 0.29) is 29.8 Å². The number of pyridine rings is 1. The number of hydrogen-bond acceptors (Lipinski definition) is 9. The maximum atomic E-state index is 14.2. The summed E-state index contributed by atoms with van der Waals surface area (Å²) < 4.78 is 11.7. The molecule has 1 aromatic heterocycles. The van der Waals surface area contributed by atoms with Crippen molar-refractivity contribution in [2.24, 2.45) is 17.3 Å². The lowest BCUT2D eigenvalue weighted by atomic mass is 9.72. The Balaban J connectivity index is 1.51. The summed E-state index contributed by atoms with van der Waals surface area (Å²) in [5.41, 5.74) is 4.19. The van der Waals surface area contributed by atoms with E-state index in [1.54, 1.807) is 34.6 Å². The fourth-order valence-corrected chi connectivity index (χ4v) is 6.55. The van der Waals surface area contributed by atoms with Gasteiger partial charge in [0.05, 0.1) is 28.6 Å². The summed E-state index contributed by atoms with van der Waals surface area (Å²) in [5, 5.41) is 8.07. The maximum absolute atomic E-state index is 14.2. The van der Waals surface area contributed by atoms with E-state index < -0.39 is 47.4 Å². The maximum Gasteiger partial charge on any atom is 0.316 e. The van der Waals surface area contributed by atoms with E-state index in [0.29, 0.717) is 50.8 Å². The molecule has 0 radical (unpaired) electrons. The first-order valence-electron chi connectivity index (χ1n) is 17.5. The highest BCUT2D eigenvalue weighted by atomic mass is 16.6. The lowest BCUT2D eigenvalue weighted by Gasteiger charge is -2.37. The third-order valence-corrected chi connectivity index (χ3v) is 9.72. The third kappa shape index (κ3) is 8.29. The Bertz CT molecular complexity index is 1610. The summed E-state index contributed by atoms with van der Waals surface area (Å²) in [4.78, 5) is 71.7. The molecule has 4 atom stereocenters. The number of nitrogens with zero attached hydrogens (tertiary/aromatic N) is 2. The zero-order chi connectivity index (χ0) is 35.5. The van der Waals surface area contributed by atoms with Crippen LogP contribution in [0.1, 0.15) is 97.4 Å². The molecule has 3 heterocycles. The van der Waals surface area contributed by atoms with Gasteiger partial charge in [-0.15, -0.1) is 0 Å². The molecule has 2 aromatic rings. The fraction of sp³-hybridized carbons (Fsp3) is 0.568. The molecule has 5 bridgehead atoms. The molecule has 2 aliphatic heterocycles. The van der Waals surface area contributed by atoms with Gasteiger partial charge in [-0.05, 0) is 76.0 Å². The molecule has 1 spiro atoms. The highest BCUT2D eigenvalue weighted by molar-refractivity contribution is 5.92. The summed E-state index contributed by atoms with van der Waals surface area (Å²) in [6.07, 6.45) is 4.99. The van der Waals surface area contributed by atoms with Crippen LogP contribution < -0.4 is 16.1 Å². The van der Waals surface area contributed by atoms with Gasteiger partial charge in [-0.1, -0.05) is 58.0 Å². The number of hydrogen-bond donors (Lipinski definition) is 3. The van der Waals surface area contributed by atoms with Gasteiger partial charge in [-0.3, -0.25) is 34.0 Å². The van der Waals surface area contributed by atoms with E-state index in [9.17, 15) is 24.0 Å². The number of esters is 2. The molecule has 2 fully saturated rings. The quantitative estimate of drug-likeness (QED) is 0.407. The number of carbonyl (C=O) groups is 5. The lowest BCUT2D eigenvalue weighted by Crippen LogP contribution is -2.61. The Morgan fingerprint density at radius 3 is 2.35 bits per heavy atom. The second-order valence-electron chi connectivity index (χ2n) is 14.3. The first-order chi connectivity index (χ1) is 23.3. The standard InChI is InChI=1S/C37H49N5O7/c1-21(2)31-33(44)39-24(6)34(45)42-19-7-8-29(41-42)32(43)38-23(5)28-12-11-26-10-9-25(20-30(26)40-28)13-16-37(36(47)49-31)17-14-27(15-18-37)48-35(46)22(3)4/h9-13,16,20-24,27,29,31,41H,7-8,14-15,17-19H2,1-6H3,(H,38,43)(H,39,44)/t23-,24+,27?,29+,31+,37?/m1/s1. The number of cyclic esters (lactones) is 1. The zero-order valence-electron chi connectivity index (χ0n) is 29.3. The van der Waals surface area contributed by atoms with Gasteiger partial charge in [0.15, 0.2) is 6.10 Å². The van der Waals surface area contributed by atoms with Crippen molar-refractivity contribution in [2.75, 3.05) is 6.54 Å². The van der Waals surface area contributed by atoms with Crippen molar-refractivity contribution in [3.05, 3.63) is 47.7 Å². The summed E-state index contributed by atoms with van der Waals surface area (Å²) >= 11 is 0. The van der Waals surface area contributed by atoms with E-state index in [4.69, 9.17) is 14.5 Å². The third-order valence-electron chi connectivity index (χ3n) is 9.72. The van der Waals surface area contributed by atoms with Gasteiger partial charge < -0.3 is 20.1 Å². The van der Waals surface area contributed by atoms with Crippen LogP contribution in [0.2, 0.25) is 0 Å². The molecule has 12 heteroatoms. The van der Waals surface area contributed by atoms with E-state index in [1.165, 1.54) is 5.01 Å². The van der Waals surface area contributed by atoms with Crippen molar-refractivity contribution >= 4 is 46.6 Å². The van der Waals surface area contributed by atoms with Gasteiger partial charge in [-0.25, -0.2) is 5.43 Å². The van der Waals surface area contributed by atoms with Gasteiger partial charge >= 0.3 is 11.9 Å².